The molecule has 0 unspecified atom stereocenters. The monoisotopic (exact) mass is 158 g/mol. The van der Waals surface area contributed by atoms with Crippen LogP contribution in [0, 0.1) is 17.4 Å². The average molecular weight is 158 g/mol. The van der Waals surface area contributed by atoms with Crippen molar-refractivity contribution in [3.05, 3.63) is 42.5 Å². The fraction of sp³-hybridized carbons (Fsp3) is 0.100. The molecular weight excluding hydrogens is 150 g/mol. The van der Waals surface area contributed by atoms with Gasteiger partial charge in [0.1, 0.15) is 12.4 Å². The lowest BCUT2D eigenvalue weighted by molar-refractivity contribution is 0.362. The van der Waals surface area contributed by atoms with Gasteiger partial charge in [0.15, 0.2) is 0 Å². The van der Waals surface area contributed by atoms with E-state index in [2.05, 4.69) is 12.6 Å². The number of hydrogen-bond acceptors (Lipinski definition) is 2. The van der Waals surface area contributed by atoms with Crippen LogP contribution in [0.25, 0.3) is 0 Å². The van der Waals surface area contributed by atoms with Gasteiger partial charge in [-0.25, -0.2) is 0 Å². The van der Waals surface area contributed by atoms with Gasteiger partial charge in [-0.3, -0.25) is 0 Å². The molecule has 0 spiro atoms. The first-order valence-corrected chi connectivity index (χ1v) is 3.52. The lowest BCUT2D eigenvalue weighted by Crippen LogP contribution is -1.92. The summed E-state index contributed by atoms with van der Waals surface area (Å²) in [7, 11) is 0. The van der Waals surface area contributed by atoms with Crippen molar-refractivity contribution in [3.63, 3.8) is 0 Å². The van der Waals surface area contributed by atoms with E-state index >= 15 is 0 Å². The smallest absolute Gasteiger partial charge is 0.127 e. The van der Waals surface area contributed by atoms with Crippen molar-refractivity contribution in [1.82, 2.24) is 0 Å². The van der Waals surface area contributed by atoms with Crippen molar-refractivity contribution in [2.24, 2.45) is 0 Å². The Morgan fingerprint density at radius 1 is 1.67 bits per heavy atom. The van der Waals surface area contributed by atoms with Crippen LogP contribution >= 0.6 is 0 Å². The molecule has 1 rings (SSSR count). The third kappa shape index (κ3) is 2.14. The second kappa shape index (κ2) is 4.20. The van der Waals surface area contributed by atoms with Gasteiger partial charge in [0.05, 0.1) is 11.6 Å². The zero-order valence-corrected chi connectivity index (χ0v) is 6.58. The van der Waals surface area contributed by atoms with Gasteiger partial charge < -0.3 is 4.74 Å². The Hall–Kier alpha value is -1.75. The molecule has 0 saturated carbocycles. The average Bonchev–Trinajstić information content (AvgIpc) is 2.15. The first-order valence-electron chi connectivity index (χ1n) is 3.52. The van der Waals surface area contributed by atoms with Crippen LogP contribution in [-0.2, 0) is 0 Å². The molecular formula is C10H8NO. The maximum atomic E-state index is 8.48. The number of nitrogens with zero attached hydrogens (tertiary/aromatic N) is 1. The molecule has 0 fully saturated rings. The highest BCUT2D eigenvalue weighted by Crippen LogP contribution is 2.09. The molecule has 12 heavy (non-hydrogen) atoms. The molecule has 0 amide bonds. The molecule has 0 aromatic heterocycles. The quantitative estimate of drug-likeness (QED) is 0.629. The Morgan fingerprint density at radius 3 is 3.00 bits per heavy atom. The molecule has 0 heterocycles. The van der Waals surface area contributed by atoms with Crippen molar-refractivity contribution < 1.29 is 4.74 Å². The molecule has 1 aromatic rings. The van der Waals surface area contributed by atoms with Crippen LogP contribution in [0.2, 0.25) is 0 Å². The third-order valence-corrected chi connectivity index (χ3v) is 1.27. The minimum Gasteiger partial charge on any atom is -0.489 e. The predicted octanol–water partition coefficient (Wildman–Crippen LogP) is 1.92. The number of ether oxygens (including phenoxy) is 1. The van der Waals surface area contributed by atoms with E-state index < -0.39 is 0 Å². The van der Waals surface area contributed by atoms with E-state index in [1.807, 2.05) is 6.07 Å². The topological polar surface area (TPSA) is 33.0 Å². The SMILES string of the molecule is C=CCOc1[c]cc(C#N)cc1. The van der Waals surface area contributed by atoms with Crippen LogP contribution in [0.15, 0.2) is 30.9 Å². The second-order valence-electron chi connectivity index (χ2n) is 2.15. The van der Waals surface area contributed by atoms with Gasteiger partial charge in [-0.2, -0.15) is 5.26 Å². The van der Waals surface area contributed by atoms with E-state index in [0.717, 1.165) is 0 Å². The van der Waals surface area contributed by atoms with E-state index in [0.29, 0.717) is 17.9 Å². The van der Waals surface area contributed by atoms with Crippen LogP contribution in [0.4, 0.5) is 0 Å². The third-order valence-electron chi connectivity index (χ3n) is 1.27. The Balaban J connectivity index is 2.66. The molecule has 2 nitrogen and oxygen atoms in total. The molecule has 59 valence electrons. The standard InChI is InChI=1S/C10H8NO/c1-2-7-12-10-5-3-9(8-11)4-6-10/h2-5H,1,7H2. The van der Waals surface area contributed by atoms with Gasteiger partial charge >= 0.3 is 0 Å². The van der Waals surface area contributed by atoms with Crippen molar-refractivity contribution in [1.29, 1.82) is 5.26 Å². The van der Waals surface area contributed by atoms with Gasteiger partial charge in [-0.15, -0.1) is 0 Å². The van der Waals surface area contributed by atoms with Crippen LogP contribution < -0.4 is 4.74 Å². The van der Waals surface area contributed by atoms with Gasteiger partial charge in [-0.05, 0) is 18.2 Å². The molecule has 0 aliphatic heterocycles. The van der Waals surface area contributed by atoms with Crippen molar-refractivity contribution in [2.45, 2.75) is 0 Å². The van der Waals surface area contributed by atoms with Crippen molar-refractivity contribution >= 4 is 0 Å². The lowest BCUT2D eigenvalue weighted by atomic mass is 10.2. The summed E-state index contributed by atoms with van der Waals surface area (Å²) in [6, 6.07) is 9.83. The number of rotatable bonds is 3. The maximum Gasteiger partial charge on any atom is 0.127 e. The number of benzene rings is 1. The van der Waals surface area contributed by atoms with Gasteiger partial charge in [0, 0.05) is 6.07 Å². The summed E-state index contributed by atoms with van der Waals surface area (Å²) in [4.78, 5) is 0. The fourth-order valence-electron chi connectivity index (χ4n) is 0.719. The Kier molecular flexibility index (Phi) is 2.92. The molecule has 1 radical (unpaired) electrons. The zero-order valence-electron chi connectivity index (χ0n) is 6.58. The second-order valence-corrected chi connectivity index (χ2v) is 2.15. The summed E-state index contributed by atoms with van der Waals surface area (Å²) in [5.41, 5.74) is 0.584. The Bertz CT molecular complexity index is 295. The first-order chi connectivity index (χ1) is 5.86. The van der Waals surface area contributed by atoms with E-state index in [4.69, 9.17) is 10.00 Å². The molecule has 0 aliphatic carbocycles. The van der Waals surface area contributed by atoms with Gasteiger partial charge in [0.2, 0.25) is 0 Å². The first kappa shape index (κ1) is 8.35. The van der Waals surface area contributed by atoms with Crippen LogP contribution in [0.5, 0.6) is 5.75 Å². The minimum absolute atomic E-state index is 0.461. The summed E-state index contributed by atoms with van der Waals surface area (Å²) >= 11 is 0. The Morgan fingerprint density at radius 2 is 2.50 bits per heavy atom. The molecule has 1 aromatic carbocycles. The number of nitriles is 1. The highest BCUT2D eigenvalue weighted by Gasteiger charge is 1.92. The van der Waals surface area contributed by atoms with Crippen molar-refractivity contribution in [3.8, 4) is 11.8 Å². The summed E-state index contributed by atoms with van der Waals surface area (Å²) < 4.78 is 5.17. The highest BCUT2D eigenvalue weighted by molar-refractivity contribution is 5.33. The normalized spacial score (nSPS) is 8.58. The van der Waals surface area contributed by atoms with E-state index in [1.165, 1.54) is 0 Å². The maximum absolute atomic E-state index is 8.48. The predicted molar refractivity (Wildman–Crippen MR) is 45.7 cm³/mol. The van der Waals surface area contributed by atoms with Crippen LogP contribution in [-0.4, -0.2) is 6.61 Å². The van der Waals surface area contributed by atoms with E-state index in [9.17, 15) is 0 Å². The lowest BCUT2D eigenvalue weighted by Gasteiger charge is -2.00. The van der Waals surface area contributed by atoms with Crippen LogP contribution in [0.1, 0.15) is 5.56 Å². The molecule has 2 heteroatoms. The summed E-state index contributed by atoms with van der Waals surface area (Å²) in [5, 5.41) is 8.48. The molecule has 0 N–H and O–H groups in total. The Labute approximate surface area is 71.7 Å². The van der Waals surface area contributed by atoms with Crippen LogP contribution in [0.3, 0.4) is 0 Å². The van der Waals surface area contributed by atoms with Crippen molar-refractivity contribution in [2.75, 3.05) is 6.61 Å². The minimum atomic E-state index is 0.461. The highest BCUT2D eigenvalue weighted by atomic mass is 16.5. The molecule has 0 bridgehead atoms. The van der Waals surface area contributed by atoms with Gasteiger partial charge in [-0.1, -0.05) is 12.7 Å². The fourth-order valence-corrected chi connectivity index (χ4v) is 0.719. The summed E-state index contributed by atoms with van der Waals surface area (Å²) in [6.45, 7) is 3.98. The van der Waals surface area contributed by atoms with E-state index in [1.54, 1.807) is 24.3 Å². The summed E-state index contributed by atoms with van der Waals surface area (Å²) in [5.74, 6) is 0.633. The molecule has 0 atom stereocenters. The van der Waals surface area contributed by atoms with Gasteiger partial charge in [0.25, 0.3) is 0 Å². The largest absolute Gasteiger partial charge is 0.489 e. The number of hydrogen-bond donors (Lipinski definition) is 0. The molecule has 0 saturated heterocycles. The summed E-state index contributed by atoms with van der Waals surface area (Å²) in [6.07, 6.45) is 1.66. The zero-order chi connectivity index (χ0) is 8.81. The van der Waals surface area contributed by atoms with E-state index in [-0.39, 0.29) is 0 Å². The molecule has 0 aliphatic rings.